The topological polar surface area (TPSA) is 27.7 Å². The maximum atomic E-state index is 12.5. The maximum absolute atomic E-state index is 12.5. The van der Waals surface area contributed by atoms with Crippen molar-refractivity contribution in [1.82, 2.24) is 0 Å². The summed E-state index contributed by atoms with van der Waals surface area (Å²) in [5, 5.41) is 0. The van der Waals surface area contributed by atoms with Crippen molar-refractivity contribution in [3.05, 3.63) is 35.4 Å². The van der Waals surface area contributed by atoms with Crippen molar-refractivity contribution in [3.8, 4) is 0 Å². The van der Waals surface area contributed by atoms with Crippen molar-refractivity contribution in [2.75, 3.05) is 13.2 Å². The lowest BCUT2D eigenvalue weighted by Gasteiger charge is -2.32. The summed E-state index contributed by atoms with van der Waals surface area (Å²) in [6.45, 7) is 4.56. The van der Waals surface area contributed by atoms with E-state index in [4.69, 9.17) is 13.9 Å². The Kier molecular flexibility index (Phi) is 6.86. The number of alkyl halides is 3. The summed E-state index contributed by atoms with van der Waals surface area (Å²) >= 11 is 0. The van der Waals surface area contributed by atoms with Crippen molar-refractivity contribution in [1.29, 1.82) is 0 Å². The van der Waals surface area contributed by atoms with Gasteiger partial charge in [-0.25, -0.2) is 0 Å². The zero-order chi connectivity index (χ0) is 15.9. The molecule has 1 aromatic rings. The van der Waals surface area contributed by atoms with E-state index in [-0.39, 0.29) is 0 Å². The molecule has 0 fully saturated rings. The zero-order valence-corrected chi connectivity index (χ0v) is 14.5. The van der Waals surface area contributed by atoms with Crippen molar-refractivity contribution in [3.63, 3.8) is 0 Å². The van der Waals surface area contributed by atoms with Gasteiger partial charge in [0.05, 0.1) is 5.56 Å². The van der Waals surface area contributed by atoms with Gasteiger partial charge in [0.1, 0.15) is 0 Å². The first kappa shape index (κ1) is 18.2. The number of rotatable bonds is 8. The molecule has 1 rings (SSSR count). The Morgan fingerprint density at radius 1 is 1.00 bits per heavy atom. The van der Waals surface area contributed by atoms with Crippen LogP contribution >= 0.6 is 0 Å². The smallest absolute Gasteiger partial charge is 0.380 e. The van der Waals surface area contributed by atoms with Gasteiger partial charge >= 0.3 is 6.18 Å². The molecule has 7 heteroatoms. The van der Waals surface area contributed by atoms with E-state index in [9.17, 15) is 13.2 Å². The molecule has 3 nitrogen and oxygen atoms in total. The minimum atomic E-state index is -4.31. The van der Waals surface area contributed by atoms with E-state index in [1.54, 1.807) is 0 Å². The van der Waals surface area contributed by atoms with Crippen LogP contribution in [0.2, 0.25) is 0 Å². The van der Waals surface area contributed by atoms with Crippen LogP contribution in [0.4, 0.5) is 13.2 Å². The molecule has 120 valence electrons. The molecular formula is C14H21F3O3Si. The molecule has 0 bridgehead atoms. The highest BCUT2D eigenvalue weighted by molar-refractivity contribution is 5.98. The third-order valence-corrected chi connectivity index (χ3v) is 3.66. The molecule has 0 unspecified atom stereocenters. The molecular weight excluding hydrogens is 301 g/mol. The molecule has 0 N–H and O–H groups in total. The van der Waals surface area contributed by atoms with Gasteiger partial charge in [0.2, 0.25) is 0 Å². The van der Waals surface area contributed by atoms with Gasteiger partial charge in [0.25, 0.3) is 5.97 Å². The van der Waals surface area contributed by atoms with Crippen molar-refractivity contribution >= 4 is 10.5 Å². The highest BCUT2D eigenvalue weighted by atomic mass is 28.2. The van der Waals surface area contributed by atoms with Gasteiger partial charge in [-0.3, -0.25) is 0 Å². The molecule has 0 aliphatic rings. The Morgan fingerprint density at radius 3 is 1.90 bits per heavy atom. The van der Waals surface area contributed by atoms with E-state index in [1.165, 1.54) is 12.1 Å². The fourth-order valence-electron chi connectivity index (χ4n) is 2.00. The molecule has 0 heterocycles. The molecule has 0 saturated heterocycles. The SMILES string of the molecule is CCOC(CCc1ccc(C(F)(F)F)cc1)(O[SiH3])OCC. The Hall–Kier alpha value is -0.893. The second-order valence-corrected chi connectivity index (χ2v) is 4.86. The molecule has 0 spiro atoms. The van der Waals surface area contributed by atoms with Gasteiger partial charge in [-0.1, -0.05) is 12.1 Å². The summed E-state index contributed by atoms with van der Waals surface area (Å²) < 4.78 is 54.0. The third kappa shape index (κ3) is 5.42. The lowest BCUT2D eigenvalue weighted by molar-refractivity contribution is -0.343. The average molecular weight is 322 g/mol. The van der Waals surface area contributed by atoms with Gasteiger partial charge in [-0.2, -0.15) is 13.2 Å². The molecule has 0 amide bonds. The van der Waals surface area contributed by atoms with E-state index in [1.807, 2.05) is 13.8 Å². The molecule has 0 atom stereocenters. The summed E-state index contributed by atoms with van der Waals surface area (Å²) in [6.07, 6.45) is -3.36. The van der Waals surface area contributed by atoms with Crippen LogP contribution < -0.4 is 0 Å². The summed E-state index contributed by atoms with van der Waals surface area (Å²) in [6, 6.07) is 5.11. The van der Waals surface area contributed by atoms with E-state index >= 15 is 0 Å². The van der Waals surface area contributed by atoms with Gasteiger partial charge < -0.3 is 13.9 Å². The van der Waals surface area contributed by atoms with Crippen LogP contribution in [-0.2, 0) is 26.5 Å². The van der Waals surface area contributed by atoms with Crippen LogP contribution in [0.15, 0.2) is 24.3 Å². The Bertz CT molecular complexity index is 414. The molecule has 0 aliphatic heterocycles. The zero-order valence-electron chi connectivity index (χ0n) is 12.5. The first-order chi connectivity index (χ1) is 9.87. The molecule has 0 saturated carbocycles. The molecule has 1 aromatic carbocycles. The molecule has 0 aromatic heterocycles. The highest BCUT2D eigenvalue weighted by Gasteiger charge is 2.31. The minimum absolute atomic E-state index is 0.434. The minimum Gasteiger partial charge on any atom is -0.380 e. The van der Waals surface area contributed by atoms with Gasteiger partial charge in [-0.05, 0) is 38.0 Å². The normalized spacial score (nSPS) is 12.8. The number of hydrogen-bond donors (Lipinski definition) is 0. The molecule has 21 heavy (non-hydrogen) atoms. The first-order valence-electron chi connectivity index (χ1n) is 6.86. The summed E-state index contributed by atoms with van der Waals surface area (Å²) in [5.41, 5.74) is 0.136. The van der Waals surface area contributed by atoms with Crippen LogP contribution in [0, 0.1) is 0 Å². The van der Waals surface area contributed by atoms with Crippen molar-refractivity contribution in [2.45, 2.75) is 38.8 Å². The number of ether oxygens (including phenoxy) is 2. The fourth-order valence-corrected chi connectivity index (χ4v) is 2.44. The predicted molar refractivity (Wildman–Crippen MR) is 76.8 cm³/mol. The molecule has 0 aliphatic carbocycles. The second kappa shape index (κ2) is 7.93. The average Bonchev–Trinajstić information content (AvgIpc) is 2.45. The van der Waals surface area contributed by atoms with Gasteiger partial charge in [-0.15, -0.1) is 0 Å². The van der Waals surface area contributed by atoms with Crippen molar-refractivity contribution < 1.29 is 27.1 Å². The lowest BCUT2D eigenvalue weighted by Crippen LogP contribution is -2.39. The quantitative estimate of drug-likeness (QED) is 0.544. The largest absolute Gasteiger partial charge is 0.416 e. The molecule has 0 radical (unpaired) electrons. The van der Waals surface area contributed by atoms with Crippen LogP contribution in [0.5, 0.6) is 0 Å². The van der Waals surface area contributed by atoms with Crippen LogP contribution in [0.25, 0.3) is 0 Å². The number of halogens is 3. The van der Waals surface area contributed by atoms with E-state index in [2.05, 4.69) is 0 Å². The summed E-state index contributed by atoms with van der Waals surface area (Å²) in [7, 11) is 0.445. The standard InChI is InChI=1S/C14H21F3O3Si/c1-3-18-13(20-21,19-4-2)10-9-11-5-7-12(8-6-11)14(15,16)17/h5-8H,3-4,9-10H2,1-2,21H3. The van der Waals surface area contributed by atoms with Crippen LogP contribution in [-0.4, -0.2) is 29.7 Å². The van der Waals surface area contributed by atoms with Crippen molar-refractivity contribution in [2.24, 2.45) is 0 Å². The third-order valence-electron chi connectivity index (χ3n) is 3.04. The Labute approximate surface area is 125 Å². The first-order valence-corrected chi connectivity index (χ1v) is 7.67. The summed E-state index contributed by atoms with van der Waals surface area (Å²) in [5.74, 6) is -1.08. The van der Waals surface area contributed by atoms with Gasteiger partial charge in [0, 0.05) is 19.6 Å². The summed E-state index contributed by atoms with van der Waals surface area (Å²) in [4.78, 5) is 0. The van der Waals surface area contributed by atoms with E-state index in [0.29, 0.717) is 36.5 Å². The van der Waals surface area contributed by atoms with Gasteiger partial charge in [0.15, 0.2) is 10.5 Å². The second-order valence-electron chi connectivity index (χ2n) is 4.45. The number of hydrogen-bond acceptors (Lipinski definition) is 3. The van der Waals surface area contributed by atoms with Crippen LogP contribution in [0.1, 0.15) is 31.4 Å². The van der Waals surface area contributed by atoms with E-state index in [0.717, 1.165) is 17.7 Å². The van der Waals surface area contributed by atoms with Crippen LogP contribution in [0.3, 0.4) is 0 Å². The fraction of sp³-hybridized carbons (Fsp3) is 0.571. The highest BCUT2D eigenvalue weighted by Crippen LogP contribution is 2.29. The Balaban J connectivity index is 2.71. The number of aryl methyl sites for hydroxylation is 1. The monoisotopic (exact) mass is 322 g/mol. The predicted octanol–water partition coefficient (Wildman–Crippen LogP) is 2.66. The number of benzene rings is 1. The lowest BCUT2D eigenvalue weighted by atomic mass is 10.1. The maximum Gasteiger partial charge on any atom is 0.416 e. The Morgan fingerprint density at radius 2 is 1.52 bits per heavy atom. The van der Waals surface area contributed by atoms with E-state index < -0.39 is 17.7 Å².